The molecule has 0 fully saturated rings. The van der Waals surface area contributed by atoms with Gasteiger partial charge in [-0.05, 0) is 30.3 Å². The molecule has 5 nitrogen and oxygen atoms in total. The molecular formula is C23H16BrN3O2. The molecule has 6 heteroatoms. The van der Waals surface area contributed by atoms with Gasteiger partial charge in [0.2, 0.25) is 0 Å². The number of halogens is 1. The average Bonchev–Trinajstić information content (AvgIpc) is 3.25. The number of ketones is 1. The van der Waals surface area contributed by atoms with Crippen LogP contribution in [-0.2, 0) is 0 Å². The first-order valence-electron chi connectivity index (χ1n) is 8.93. The predicted molar refractivity (Wildman–Crippen MR) is 116 cm³/mol. The molecule has 4 rings (SSSR count). The molecule has 2 N–H and O–H groups in total. The second kappa shape index (κ2) is 8.24. The number of aromatic nitrogens is 2. The van der Waals surface area contributed by atoms with E-state index < -0.39 is 0 Å². The third kappa shape index (κ3) is 4.17. The number of nitrogens with zero attached hydrogens (tertiary/aromatic N) is 1. The quantitative estimate of drug-likeness (QED) is 0.408. The van der Waals surface area contributed by atoms with E-state index in [2.05, 4.69) is 31.4 Å². The van der Waals surface area contributed by atoms with Gasteiger partial charge in [-0.3, -0.25) is 14.7 Å². The lowest BCUT2D eigenvalue weighted by Gasteiger charge is -2.09. The van der Waals surface area contributed by atoms with Gasteiger partial charge in [-0.1, -0.05) is 70.5 Å². The van der Waals surface area contributed by atoms with Crippen LogP contribution >= 0.6 is 15.9 Å². The number of para-hydroxylation sites is 1. The third-order valence-corrected chi connectivity index (χ3v) is 4.95. The van der Waals surface area contributed by atoms with Gasteiger partial charge in [0.25, 0.3) is 5.91 Å². The molecule has 1 aromatic heterocycles. The largest absolute Gasteiger partial charge is 0.320 e. The van der Waals surface area contributed by atoms with Crippen LogP contribution < -0.4 is 5.32 Å². The van der Waals surface area contributed by atoms with Crippen molar-refractivity contribution in [3.8, 4) is 11.3 Å². The molecule has 0 bridgehead atoms. The summed E-state index contributed by atoms with van der Waals surface area (Å²) in [4.78, 5) is 25.5. The Balaban J connectivity index is 1.57. The van der Waals surface area contributed by atoms with Gasteiger partial charge in [-0.15, -0.1) is 0 Å². The lowest BCUT2D eigenvalue weighted by molar-refractivity contribution is 0.102. The highest BCUT2D eigenvalue weighted by Crippen LogP contribution is 2.22. The molecule has 0 saturated heterocycles. The van der Waals surface area contributed by atoms with E-state index in [1.807, 2.05) is 42.5 Å². The summed E-state index contributed by atoms with van der Waals surface area (Å²) in [7, 11) is 0. The first kappa shape index (κ1) is 18.8. The Hall–Kier alpha value is -3.51. The summed E-state index contributed by atoms with van der Waals surface area (Å²) in [5.74, 6) is -0.518. The molecule has 3 aromatic carbocycles. The Morgan fingerprint density at radius 3 is 2.31 bits per heavy atom. The van der Waals surface area contributed by atoms with Crippen molar-refractivity contribution in [1.82, 2.24) is 10.2 Å². The highest BCUT2D eigenvalue weighted by Gasteiger charge is 2.17. The maximum atomic E-state index is 12.8. The number of benzene rings is 3. The van der Waals surface area contributed by atoms with Crippen LogP contribution in [0.3, 0.4) is 0 Å². The Bertz CT molecular complexity index is 1170. The summed E-state index contributed by atoms with van der Waals surface area (Å²) < 4.78 is 0.967. The van der Waals surface area contributed by atoms with Crippen molar-refractivity contribution in [2.75, 3.05) is 5.32 Å². The Morgan fingerprint density at radius 1 is 0.862 bits per heavy atom. The van der Waals surface area contributed by atoms with E-state index in [4.69, 9.17) is 0 Å². The van der Waals surface area contributed by atoms with Gasteiger partial charge in [-0.2, -0.15) is 5.10 Å². The molecule has 1 heterocycles. The molecule has 0 spiro atoms. The molecule has 1 amide bonds. The van der Waals surface area contributed by atoms with Gasteiger partial charge >= 0.3 is 0 Å². The number of carbonyl (C=O) groups excluding carboxylic acids is 2. The normalized spacial score (nSPS) is 10.5. The number of anilines is 1. The Morgan fingerprint density at radius 2 is 1.55 bits per heavy atom. The van der Waals surface area contributed by atoms with Crippen molar-refractivity contribution in [3.63, 3.8) is 0 Å². The fourth-order valence-corrected chi connectivity index (χ4v) is 3.20. The van der Waals surface area contributed by atoms with E-state index in [0.29, 0.717) is 28.2 Å². The Kier molecular flexibility index (Phi) is 5.35. The third-order valence-electron chi connectivity index (χ3n) is 4.42. The van der Waals surface area contributed by atoms with Crippen LogP contribution in [0.2, 0.25) is 0 Å². The van der Waals surface area contributed by atoms with Crippen LogP contribution in [0.15, 0.2) is 89.4 Å². The first-order valence-corrected chi connectivity index (χ1v) is 9.72. The molecule has 4 aromatic rings. The maximum Gasteiger partial charge on any atom is 0.273 e. The molecule has 0 saturated carbocycles. The standard InChI is InChI=1S/C23H16BrN3O2/c24-17-12-10-15(11-13-17)20-14-21(27-26-20)23(29)25-19-9-5-4-8-18(19)22(28)16-6-2-1-3-7-16/h1-14H,(H,25,29)(H,26,27). The van der Waals surface area contributed by atoms with E-state index in [9.17, 15) is 9.59 Å². The minimum absolute atomic E-state index is 0.151. The zero-order valence-electron chi connectivity index (χ0n) is 15.2. The van der Waals surface area contributed by atoms with E-state index in [0.717, 1.165) is 10.0 Å². The fraction of sp³-hybridized carbons (Fsp3) is 0. The predicted octanol–water partition coefficient (Wildman–Crippen LogP) is 5.32. The molecule has 0 radical (unpaired) electrons. The Labute approximate surface area is 175 Å². The topological polar surface area (TPSA) is 74.8 Å². The van der Waals surface area contributed by atoms with Crippen LogP contribution in [-0.4, -0.2) is 21.9 Å². The smallest absolute Gasteiger partial charge is 0.273 e. The van der Waals surface area contributed by atoms with Crippen molar-refractivity contribution < 1.29 is 9.59 Å². The summed E-state index contributed by atoms with van der Waals surface area (Å²) >= 11 is 3.40. The molecule has 0 aliphatic heterocycles. The van der Waals surface area contributed by atoms with Crippen molar-refractivity contribution in [2.24, 2.45) is 0 Å². The van der Waals surface area contributed by atoms with E-state index in [-0.39, 0.29) is 11.7 Å². The van der Waals surface area contributed by atoms with Crippen molar-refractivity contribution >= 4 is 33.3 Å². The van der Waals surface area contributed by atoms with Gasteiger partial charge in [0.1, 0.15) is 5.69 Å². The lowest BCUT2D eigenvalue weighted by atomic mass is 10.0. The highest BCUT2D eigenvalue weighted by molar-refractivity contribution is 9.10. The van der Waals surface area contributed by atoms with Gasteiger partial charge in [0.05, 0.1) is 11.4 Å². The molecule has 29 heavy (non-hydrogen) atoms. The number of hydrogen-bond donors (Lipinski definition) is 2. The monoisotopic (exact) mass is 445 g/mol. The van der Waals surface area contributed by atoms with Crippen LogP contribution in [0, 0.1) is 0 Å². The SMILES string of the molecule is O=C(Nc1ccccc1C(=O)c1ccccc1)c1cc(-c2ccc(Br)cc2)n[nH]1. The second-order valence-corrected chi connectivity index (χ2v) is 7.28. The number of amides is 1. The zero-order valence-corrected chi connectivity index (χ0v) is 16.8. The van der Waals surface area contributed by atoms with Crippen LogP contribution in [0.5, 0.6) is 0 Å². The van der Waals surface area contributed by atoms with Crippen molar-refractivity contribution in [3.05, 3.63) is 106 Å². The van der Waals surface area contributed by atoms with Gasteiger partial charge in [0.15, 0.2) is 5.78 Å². The van der Waals surface area contributed by atoms with Crippen LogP contribution in [0.1, 0.15) is 26.4 Å². The number of nitrogens with one attached hydrogen (secondary N) is 2. The maximum absolute atomic E-state index is 12.8. The molecule has 142 valence electrons. The number of rotatable bonds is 5. The number of hydrogen-bond acceptors (Lipinski definition) is 3. The zero-order chi connectivity index (χ0) is 20.2. The van der Waals surface area contributed by atoms with E-state index >= 15 is 0 Å². The minimum Gasteiger partial charge on any atom is -0.320 e. The van der Waals surface area contributed by atoms with Gasteiger partial charge in [0, 0.05) is 21.2 Å². The van der Waals surface area contributed by atoms with Crippen LogP contribution in [0.25, 0.3) is 11.3 Å². The molecule has 0 atom stereocenters. The van der Waals surface area contributed by atoms with E-state index in [1.165, 1.54) is 0 Å². The summed E-state index contributed by atoms with van der Waals surface area (Å²) in [6.45, 7) is 0. The number of aromatic amines is 1. The van der Waals surface area contributed by atoms with Crippen molar-refractivity contribution in [1.29, 1.82) is 0 Å². The second-order valence-electron chi connectivity index (χ2n) is 6.37. The summed E-state index contributed by atoms with van der Waals surface area (Å²) in [5.41, 5.74) is 3.31. The first-order chi connectivity index (χ1) is 14.1. The molecule has 0 aliphatic carbocycles. The van der Waals surface area contributed by atoms with Gasteiger partial charge < -0.3 is 5.32 Å². The van der Waals surface area contributed by atoms with Crippen molar-refractivity contribution in [2.45, 2.75) is 0 Å². The summed E-state index contributed by atoms with van der Waals surface area (Å²) in [5, 5.41) is 9.79. The van der Waals surface area contributed by atoms with E-state index in [1.54, 1.807) is 42.5 Å². The lowest BCUT2D eigenvalue weighted by Crippen LogP contribution is -2.15. The molecule has 0 aliphatic rings. The average molecular weight is 446 g/mol. The van der Waals surface area contributed by atoms with Crippen LogP contribution in [0.4, 0.5) is 5.69 Å². The fourth-order valence-electron chi connectivity index (χ4n) is 2.93. The summed E-state index contributed by atoms with van der Waals surface area (Å²) in [6, 6.07) is 25.3. The number of H-pyrrole nitrogens is 1. The number of carbonyl (C=O) groups is 2. The highest BCUT2D eigenvalue weighted by atomic mass is 79.9. The molecular weight excluding hydrogens is 430 g/mol. The van der Waals surface area contributed by atoms with Gasteiger partial charge in [-0.25, -0.2) is 0 Å². The minimum atomic E-state index is -0.367. The molecule has 0 unspecified atom stereocenters. The summed E-state index contributed by atoms with van der Waals surface area (Å²) in [6.07, 6.45) is 0.